The number of aliphatic imine (C=N–C) groups is 1. The van der Waals surface area contributed by atoms with E-state index in [4.69, 9.17) is 4.74 Å². The Morgan fingerprint density at radius 2 is 2.26 bits per heavy atom. The summed E-state index contributed by atoms with van der Waals surface area (Å²) < 4.78 is 5.21. The number of allylic oxidation sites excluding steroid dienone is 3. The summed E-state index contributed by atoms with van der Waals surface area (Å²) in [5.41, 5.74) is 1.77. The van der Waals surface area contributed by atoms with Crippen LogP contribution in [0.1, 0.15) is 21.8 Å². The first-order valence-corrected chi connectivity index (χ1v) is 6.05. The van der Waals surface area contributed by atoms with Crippen molar-refractivity contribution in [3.05, 3.63) is 53.3 Å². The molecular formula is C15H13NO3. The maximum Gasteiger partial charge on any atom is 0.337 e. The molecule has 2 unspecified atom stereocenters. The average Bonchev–Trinajstić information content (AvgIpc) is 2.45. The Labute approximate surface area is 110 Å². The van der Waals surface area contributed by atoms with Gasteiger partial charge in [-0.25, -0.2) is 4.79 Å². The molecule has 1 N–H and O–H groups in total. The van der Waals surface area contributed by atoms with Gasteiger partial charge in [0.2, 0.25) is 0 Å². The van der Waals surface area contributed by atoms with Crippen LogP contribution in [0.15, 0.2) is 47.2 Å². The van der Waals surface area contributed by atoms with Crippen LogP contribution in [0.5, 0.6) is 0 Å². The summed E-state index contributed by atoms with van der Waals surface area (Å²) in [6, 6.07) is 5.29. The van der Waals surface area contributed by atoms with Crippen molar-refractivity contribution in [3.8, 4) is 0 Å². The number of nitrogens with zero attached hydrogens (tertiary/aromatic N) is 1. The van der Waals surface area contributed by atoms with Gasteiger partial charge in [-0.05, 0) is 23.8 Å². The second-order valence-corrected chi connectivity index (χ2v) is 4.56. The Balaban J connectivity index is 2.09. The zero-order valence-corrected chi connectivity index (χ0v) is 10.4. The fourth-order valence-electron chi connectivity index (χ4n) is 2.57. The summed E-state index contributed by atoms with van der Waals surface area (Å²) in [6.07, 6.45) is 7.75. The highest BCUT2D eigenvalue weighted by Crippen LogP contribution is 2.41. The molecule has 0 spiro atoms. The molecule has 0 fully saturated rings. The summed E-state index contributed by atoms with van der Waals surface area (Å²) in [5.74, 6) is 0.119. The molecule has 3 rings (SSSR count). The van der Waals surface area contributed by atoms with Gasteiger partial charge < -0.3 is 9.84 Å². The predicted molar refractivity (Wildman–Crippen MR) is 72.0 cm³/mol. The first-order chi connectivity index (χ1) is 9.20. The van der Waals surface area contributed by atoms with Crippen molar-refractivity contribution < 1.29 is 14.6 Å². The molecule has 0 amide bonds. The summed E-state index contributed by atoms with van der Waals surface area (Å²) in [5, 5.41) is 9.19. The number of aromatic carboxylic acids is 1. The zero-order chi connectivity index (χ0) is 13.4. The largest absolute Gasteiger partial charge is 0.497 e. The average molecular weight is 255 g/mol. The molecule has 1 aromatic rings. The number of carbonyl (C=O) groups is 1. The van der Waals surface area contributed by atoms with Gasteiger partial charge in [-0.3, -0.25) is 4.99 Å². The van der Waals surface area contributed by atoms with Gasteiger partial charge in [-0.2, -0.15) is 0 Å². The lowest BCUT2D eigenvalue weighted by atomic mass is 9.80. The van der Waals surface area contributed by atoms with Crippen molar-refractivity contribution in [1.29, 1.82) is 0 Å². The fraction of sp³-hybridized carbons (Fsp3) is 0.200. The zero-order valence-electron chi connectivity index (χ0n) is 10.4. The Kier molecular flexibility index (Phi) is 2.71. The molecule has 4 heteroatoms. The van der Waals surface area contributed by atoms with Gasteiger partial charge >= 0.3 is 5.97 Å². The lowest BCUT2D eigenvalue weighted by Gasteiger charge is -2.28. The third kappa shape index (κ3) is 1.85. The molecule has 0 radical (unpaired) electrons. The normalized spacial score (nSPS) is 23.3. The molecular weight excluding hydrogens is 242 g/mol. The molecule has 96 valence electrons. The van der Waals surface area contributed by atoms with Gasteiger partial charge in [0.15, 0.2) is 0 Å². The molecule has 0 saturated carbocycles. The van der Waals surface area contributed by atoms with Crippen molar-refractivity contribution in [2.75, 3.05) is 7.11 Å². The molecule has 1 aliphatic carbocycles. The van der Waals surface area contributed by atoms with Crippen LogP contribution in [0.4, 0.5) is 5.69 Å². The van der Waals surface area contributed by atoms with Crippen LogP contribution in [0.25, 0.3) is 0 Å². The minimum atomic E-state index is -0.944. The van der Waals surface area contributed by atoms with E-state index in [2.05, 4.69) is 4.99 Å². The second-order valence-electron chi connectivity index (χ2n) is 4.56. The minimum Gasteiger partial charge on any atom is -0.497 e. The number of fused-ring (bicyclic) bond motifs is 3. The van der Waals surface area contributed by atoms with E-state index in [1.165, 1.54) is 0 Å². The lowest BCUT2D eigenvalue weighted by molar-refractivity contribution is 0.0697. The van der Waals surface area contributed by atoms with Crippen molar-refractivity contribution in [1.82, 2.24) is 0 Å². The van der Waals surface area contributed by atoms with Gasteiger partial charge in [0.25, 0.3) is 0 Å². The van der Waals surface area contributed by atoms with Crippen molar-refractivity contribution in [2.45, 2.75) is 5.92 Å². The molecule has 4 nitrogen and oxygen atoms in total. The topological polar surface area (TPSA) is 58.9 Å². The van der Waals surface area contributed by atoms with Gasteiger partial charge in [0.1, 0.15) is 5.76 Å². The van der Waals surface area contributed by atoms with Crippen LogP contribution in [0.3, 0.4) is 0 Å². The number of hydrogen-bond donors (Lipinski definition) is 1. The summed E-state index contributed by atoms with van der Waals surface area (Å²) in [7, 11) is 1.63. The van der Waals surface area contributed by atoms with Crippen LogP contribution in [-0.4, -0.2) is 24.4 Å². The van der Waals surface area contributed by atoms with Crippen LogP contribution in [0.2, 0.25) is 0 Å². The molecule has 2 atom stereocenters. The monoisotopic (exact) mass is 255 g/mol. The molecule has 0 bridgehead atoms. The second kappa shape index (κ2) is 4.39. The molecule has 1 heterocycles. The SMILES string of the molecule is COC1=CC2C=Nc3c(C(=O)O)cccc3C2C=C1. The highest BCUT2D eigenvalue weighted by molar-refractivity contribution is 5.96. The number of carboxylic acid groups (broad SMARTS) is 1. The first-order valence-electron chi connectivity index (χ1n) is 6.05. The van der Waals surface area contributed by atoms with E-state index in [9.17, 15) is 9.90 Å². The van der Waals surface area contributed by atoms with Crippen LogP contribution >= 0.6 is 0 Å². The summed E-state index contributed by atoms with van der Waals surface area (Å²) in [4.78, 5) is 15.5. The van der Waals surface area contributed by atoms with Crippen molar-refractivity contribution in [3.63, 3.8) is 0 Å². The standard InChI is InChI=1S/C15H13NO3/c1-19-10-5-6-11-9(7-10)8-16-14-12(11)3-2-4-13(14)15(17)18/h2-9,11H,1H3,(H,17,18). The quantitative estimate of drug-likeness (QED) is 0.883. The van der Waals surface area contributed by atoms with E-state index < -0.39 is 5.97 Å². The summed E-state index contributed by atoms with van der Waals surface area (Å²) >= 11 is 0. The Hall–Kier alpha value is -2.36. The maximum absolute atomic E-state index is 11.2. The number of hydrogen-bond acceptors (Lipinski definition) is 3. The predicted octanol–water partition coefficient (Wildman–Crippen LogP) is 2.90. The number of carboxylic acids is 1. The molecule has 1 aliphatic heterocycles. The number of para-hydroxylation sites is 1. The molecule has 2 aliphatic rings. The van der Waals surface area contributed by atoms with Gasteiger partial charge in [-0.15, -0.1) is 0 Å². The minimum absolute atomic E-state index is 0.122. The highest BCUT2D eigenvalue weighted by Gasteiger charge is 2.29. The van der Waals surface area contributed by atoms with E-state index in [1.54, 1.807) is 25.5 Å². The van der Waals surface area contributed by atoms with Crippen LogP contribution < -0.4 is 0 Å². The van der Waals surface area contributed by atoms with Crippen molar-refractivity contribution in [2.24, 2.45) is 10.9 Å². The van der Waals surface area contributed by atoms with E-state index in [0.29, 0.717) is 5.69 Å². The van der Waals surface area contributed by atoms with E-state index in [1.807, 2.05) is 24.3 Å². The Morgan fingerprint density at radius 1 is 1.42 bits per heavy atom. The smallest absolute Gasteiger partial charge is 0.337 e. The fourth-order valence-corrected chi connectivity index (χ4v) is 2.57. The van der Waals surface area contributed by atoms with Gasteiger partial charge in [0, 0.05) is 18.1 Å². The molecule has 1 aromatic carbocycles. The lowest BCUT2D eigenvalue weighted by Crippen LogP contribution is -2.18. The van der Waals surface area contributed by atoms with Gasteiger partial charge in [-0.1, -0.05) is 18.2 Å². The number of benzene rings is 1. The molecule has 19 heavy (non-hydrogen) atoms. The Bertz CT molecular complexity index is 628. The van der Waals surface area contributed by atoms with Crippen molar-refractivity contribution >= 4 is 17.9 Å². The van der Waals surface area contributed by atoms with E-state index in [-0.39, 0.29) is 17.4 Å². The third-order valence-electron chi connectivity index (χ3n) is 3.51. The number of rotatable bonds is 2. The maximum atomic E-state index is 11.2. The van der Waals surface area contributed by atoms with Crippen LogP contribution in [-0.2, 0) is 4.74 Å². The Morgan fingerprint density at radius 3 is 3.00 bits per heavy atom. The van der Waals surface area contributed by atoms with E-state index in [0.717, 1.165) is 11.3 Å². The van der Waals surface area contributed by atoms with Crippen LogP contribution in [0, 0.1) is 5.92 Å². The van der Waals surface area contributed by atoms with E-state index >= 15 is 0 Å². The summed E-state index contributed by atoms with van der Waals surface area (Å²) in [6.45, 7) is 0. The molecule has 0 saturated heterocycles. The highest BCUT2D eigenvalue weighted by atomic mass is 16.5. The molecule has 0 aromatic heterocycles. The number of methoxy groups -OCH3 is 1. The first kappa shape index (κ1) is 11.7. The third-order valence-corrected chi connectivity index (χ3v) is 3.51. The van der Waals surface area contributed by atoms with Gasteiger partial charge in [0.05, 0.1) is 18.4 Å². The number of ether oxygens (including phenoxy) is 1.